The lowest BCUT2D eigenvalue weighted by molar-refractivity contribution is -0.156. The summed E-state index contributed by atoms with van der Waals surface area (Å²) in [5, 5.41) is 18.8. The number of hydrogen-bond donors (Lipinski definition) is 2. The van der Waals surface area contributed by atoms with E-state index >= 15 is 0 Å². The fourth-order valence-electron chi connectivity index (χ4n) is 8.18. The first-order valence-electron chi connectivity index (χ1n) is 11.9. The number of rotatable bonds is 6. The van der Waals surface area contributed by atoms with Crippen LogP contribution in [0.1, 0.15) is 78.6 Å². The van der Waals surface area contributed by atoms with Crippen molar-refractivity contribution in [3.8, 4) is 0 Å². The second-order valence-corrected chi connectivity index (χ2v) is 11.0. The summed E-state index contributed by atoms with van der Waals surface area (Å²) >= 11 is 0. The zero-order chi connectivity index (χ0) is 23.5. The van der Waals surface area contributed by atoms with E-state index in [1.807, 2.05) is 13.0 Å². The maximum absolute atomic E-state index is 13.4. The number of carbonyl (C=O) groups excluding carboxylic acids is 2. The number of Topliss-reactive ketones (excluding diaryl/α,β-unsaturated/α-hetero) is 1. The minimum Gasteiger partial charge on any atom is -0.481 e. The van der Waals surface area contributed by atoms with Crippen LogP contribution in [0.25, 0.3) is 0 Å². The van der Waals surface area contributed by atoms with Gasteiger partial charge in [0.05, 0.1) is 12.8 Å². The van der Waals surface area contributed by atoms with Gasteiger partial charge in [-0.25, -0.2) is 0 Å². The van der Waals surface area contributed by atoms with Crippen molar-refractivity contribution in [3.63, 3.8) is 0 Å². The van der Waals surface area contributed by atoms with Crippen LogP contribution in [0, 0.1) is 34.0 Å². The van der Waals surface area contributed by atoms with Gasteiger partial charge in [-0.2, -0.15) is 0 Å². The third kappa shape index (κ3) is 3.20. The molecular weight excluding hydrogens is 408 g/mol. The second-order valence-electron chi connectivity index (χ2n) is 11.0. The van der Waals surface area contributed by atoms with Crippen LogP contribution in [0.4, 0.5) is 0 Å². The molecular formula is C26H34O6. The Morgan fingerprint density at radius 3 is 2.34 bits per heavy atom. The molecule has 4 aliphatic rings. The summed E-state index contributed by atoms with van der Waals surface area (Å²) in [5.74, 6) is -1.12. The zero-order valence-corrected chi connectivity index (χ0v) is 19.3. The summed E-state index contributed by atoms with van der Waals surface area (Å²) in [5.41, 5.74) is 0.414. The Kier molecular flexibility index (Phi) is 5.50. The Morgan fingerprint density at radius 2 is 1.69 bits per heavy atom. The van der Waals surface area contributed by atoms with Crippen LogP contribution in [0.2, 0.25) is 0 Å². The van der Waals surface area contributed by atoms with Crippen molar-refractivity contribution in [1.29, 1.82) is 0 Å². The smallest absolute Gasteiger partial charge is 0.304 e. The SMILES string of the molecule is CC1=C[C@@]2(C)C(=CC1=O)CC[C@@H]1[C@@H]2CC[C@@]2(C)[C@H]1CC[C@]2(CC(=O)O)C(=O)CCC(=O)O. The molecule has 174 valence electrons. The Hall–Kier alpha value is -2.24. The highest BCUT2D eigenvalue weighted by Gasteiger charge is 2.66. The molecule has 0 aromatic heterocycles. The standard InChI is InChI=1S/C26H34O6/c1-15-13-24(2)16(12-20(15)27)4-5-17-18(24)8-10-25(3)19(17)9-11-26(25,14-23(31)32)21(28)6-7-22(29)30/h12-13,17-19H,4-11,14H2,1-3H3,(H,29,30)(H,31,32)/t17-,18+,19+,24+,25+,26+/m1/s1. The molecule has 0 aromatic carbocycles. The maximum Gasteiger partial charge on any atom is 0.304 e. The lowest BCUT2D eigenvalue weighted by Crippen LogP contribution is -2.54. The summed E-state index contributed by atoms with van der Waals surface area (Å²) in [4.78, 5) is 48.7. The van der Waals surface area contributed by atoms with Crippen molar-refractivity contribution < 1.29 is 29.4 Å². The van der Waals surface area contributed by atoms with Crippen molar-refractivity contribution in [1.82, 2.24) is 0 Å². The highest BCUT2D eigenvalue weighted by atomic mass is 16.4. The normalized spacial score (nSPS) is 40.5. The fourth-order valence-corrected chi connectivity index (χ4v) is 8.18. The van der Waals surface area contributed by atoms with E-state index in [4.69, 9.17) is 5.11 Å². The van der Waals surface area contributed by atoms with Crippen LogP contribution in [0.5, 0.6) is 0 Å². The van der Waals surface area contributed by atoms with Crippen molar-refractivity contribution in [2.24, 2.45) is 34.0 Å². The molecule has 4 rings (SSSR count). The van der Waals surface area contributed by atoms with E-state index in [1.54, 1.807) is 0 Å². The Morgan fingerprint density at radius 1 is 1.00 bits per heavy atom. The van der Waals surface area contributed by atoms with Gasteiger partial charge in [0.25, 0.3) is 0 Å². The number of fused-ring (bicyclic) bond motifs is 5. The summed E-state index contributed by atoms with van der Waals surface area (Å²) < 4.78 is 0. The number of carboxylic acids is 2. The molecule has 4 aliphatic carbocycles. The van der Waals surface area contributed by atoms with E-state index in [9.17, 15) is 24.3 Å². The predicted molar refractivity (Wildman–Crippen MR) is 118 cm³/mol. The summed E-state index contributed by atoms with van der Waals surface area (Å²) in [6.07, 6.45) is 8.20. The van der Waals surface area contributed by atoms with Crippen molar-refractivity contribution in [3.05, 3.63) is 23.3 Å². The number of allylic oxidation sites excluding steroid dienone is 4. The Labute approximate surface area is 189 Å². The average molecular weight is 443 g/mol. The molecule has 2 N–H and O–H groups in total. The van der Waals surface area contributed by atoms with Gasteiger partial charge in [-0.3, -0.25) is 19.2 Å². The first kappa shape index (κ1) is 22.9. The zero-order valence-electron chi connectivity index (χ0n) is 19.3. The van der Waals surface area contributed by atoms with Crippen LogP contribution in [0.3, 0.4) is 0 Å². The molecule has 0 radical (unpaired) electrons. The van der Waals surface area contributed by atoms with Crippen molar-refractivity contribution in [2.75, 3.05) is 0 Å². The molecule has 0 unspecified atom stereocenters. The van der Waals surface area contributed by atoms with E-state index < -0.39 is 22.8 Å². The molecule has 0 spiro atoms. The number of ketones is 2. The second kappa shape index (κ2) is 7.67. The first-order valence-corrected chi connectivity index (χ1v) is 11.9. The Bertz CT molecular complexity index is 944. The lowest BCUT2D eigenvalue weighted by atomic mass is 9.45. The van der Waals surface area contributed by atoms with Crippen LogP contribution in [-0.4, -0.2) is 33.7 Å². The third-order valence-electron chi connectivity index (χ3n) is 9.77. The number of aliphatic carboxylic acids is 2. The average Bonchev–Trinajstić information content (AvgIpc) is 3.00. The van der Waals surface area contributed by atoms with E-state index in [2.05, 4.69) is 19.9 Å². The third-order valence-corrected chi connectivity index (χ3v) is 9.77. The quantitative estimate of drug-likeness (QED) is 0.623. The van der Waals surface area contributed by atoms with E-state index in [1.165, 1.54) is 5.57 Å². The van der Waals surface area contributed by atoms with Gasteiger partial charge in [0.2, 0.25) is 0 Å². The summed E-state index contributed by atoms with van der Waals surface area (Å²) in [6.45, 7) is 6.22. The van der Waals surface area contributed by atoms with Gasteiger partial charge in [0, 0.05) is 17.3 Å². The molecule has 0 heterocycles. The van der Waals surface area contributed by atoms with Gasteiger partial charge in [0.1, 0.15) is 5.78 Å². The van der Waals surface area contributed by atoms with Crippen LogP contribution in [-0.2, 0) is 19.2 Å². The topological polar surface area (TPSA) is 109 Å². The highest BCUT2D eigenvalue weighted by Crippen LogP contribution is 2.70. The van der Waals surface area contributed by atoms with Crippen LogP contribution < -0.4 is 0 Å². The largest absolute Gasteiger partial charge is 0.481 e. The minimum atomic E-state index is -1.03. The van der Waals surface area contributed by atoms with Crippen molar-refractivity contribution in [2.45, 2.75) is 78.6 Å². The van der Waals surface area contributed by atoms with Gasteiger partial charge in [-0.1, -0.05) is 25.5 Å². The van der Waals surface area contributed by atoms with E-state index in [0.717, 1.165) is 37.7 Å². The van der Waals surface area contributed by atoms with Gasteiger partial charge in [-0.05, 0) is 80.3 Å². The van der Waals surface area contributed by atoms with E-state index in [-0.39, 0.29) is 42.2 Å². The van der Waals surface area contributed by atoms with Gasteiger partial charge >= 0.3 is 11.9 Å². The molecule has 6 atom stereocenters. The number of carboxylic acid groups (broad SMARTS) is 2. The van der Waals surface area contributed by atoms with E-state index in [0.29, 0.717) is 18.3 Å². The minimum absolute atomic E-state index is 0.0990. The molecule has 3 fully saturated rings. The molecule has 0 aliphatic heterocycles. The highest BCUT2D eigenvalue weighted by molar-refractivity contribution is 6.05. The molecule has 0 amide bonds. The molecule has 6 heteroatoms. The monoisotopic (exact) mass is 442 g/mol. The predicted octanol–water partition coefficient (Wildman–Crippen LogP) is 4.58. The molecule has 0 bridgehead atoms. The summed E-state index contributed by atoms with van der Waals surface area (Å²) in [6, 6.07) is 0. The number of hydrogen-bond acceptors (Lipinski definition) is 4. The molecule has 0 aromatic rings. The van der Waals surface area contributed by atoms with Crippen molar-refractivity contribution >= 4 is 23.5 Å². The molecule has 0 saturated heterocycles. The summed E-state index contributed by atoms with van der Waals surface area (Å²) in [7, 11) is 0. The fraction of sp³-hybridized carbons (Fsp3) is 0.692. The first-order chi connectivity index (χ1) is 14.9. The Balaban J connectivity index is 1.69. The maximum atomic E-state index is 13.4. The van der Waals surface area contributed by atoms with Gasteiger partial charge < -0.3 is 10.2 Å². The van der Waals surface area contributed by atoms with Crippen LogP contribution in [0.15, 0.2) is 23.3 Å². The lowest BCUT2D eigenvalue weighted by Gasteiger charge is -2.59. The van der Waals surface area contributed by atoms with Crippen LogP contribution >= 0.6 is 0 Å². The van der Waals surface area contributed by atoms with Gasteiger partial charge in [-0.15, -0.1) is 0 Å². The molecule has 3 saturated carbocycles. The molecule has 32 heavy (non-hydrogen) atoms. The van der Waals surface area contributed by atoms with Gasteiger partial charge in [0.15, 0.2) is 5.78 Å². The number of carbonyl (C=O) groups is 4. The molecule has 6 nitrogen and oxygen atoms in total.